The number of rotatable bonds is 8. The van der Waals surface area contributed by atoms with Gasteiger partial charge in [-0.3, -0.25) is 4.79 Å². The Labute approximate surface area is 205 Å². The Morgan fingerprint density at radius 3 is 2.31 bits per heavy atom. The third-order valence-corrected chi connectivity index (χ3v) is 7.98. The molecule has 7 nitrogen and oxygen atoms in total. The van der Waals surface area contributed by atoms with E-state index in [1.54, 1.807) is 6.92 Å². The molecule has 2 aromatic carbocycles. The van der Waals surface area contributed by atoms with Crippen LogP contribution in [0.15, 0.2) is 48.5 Å². The van der Waals surface area contributed by atoms with Gasteiger partial charge in [-0.15, -0.1) is 0 Å². The van der Waals surface area contributed by atoms with Gasteiger partial charge in [0.1, 0.15) is 12.1 Å². The second kappa shape index (κ2) is 9.36. The number of alkyl carbamates (subject to hydrolysis) is 1. The summed E-state index contributed by atoms with van der Waals surface area (Å²) in [6.45, 7) is 2.70. The molecule has 184 valence electrons. The topological polar surface area (TPSA) is 95.9 Å². The quantitative estimate of drug-likeness (QED) is 0.589. The molecule has 2 atom stereocenters. The van der Waals surface area contributed by atoms with Gasteiger partial charge >= 0.3 is 12.1 Å². The number of hydrogen-bond donors (Lipinski definition) is 2. The number of nitrogens with zero attached hydrogens (tertiary/aromatic N) is 1. The molecule has 1 heterocycles. The van der Waals surface area contributed by atoms with E-state index in [0.29, 0.717) is 31.8 Å². The van der Waals surface area contributed by atoms with Crippen LogP contribution in [0, 0.1) is 11.8 Å². The molecular formula is C28H32N2O5. The molecule has 1 unspecified atom stereocenters. The summed E-state index contributed by atoms with van der Waals surface area (Å²) >= 11 is 0. The maximum Gasteiger partial charge on any atom is 0.407 e. The fraction of sp³-hybridized carbons (Fsp3) is 0.464. The second-order valence-corrected chi connectivity index (χ2v) is 10.2. The molecule has 0 spiro atoms. The highest BCUT2D eigenvalue weighted by Crippen LogP contribution is 2.44. The number of carboxylic acids is 1. The molecule has 7 heteroatoms. The highest BCUT2D eigenvalue weighted by atomic mass is 16.5. The summed E-state index contributed by atoms with van der Waals surface area (Å²) in [6.07, 6.45) is 2.99. The van der Waals surface area contributed by atoms with Crippen LogP contribution in [0.2, 0.25) is 0 Å². The molecule has 3 aliphatic rings. The zero-order valence-corrected chi connectivity index (χ0v) is 20.0. The van der Waals surface area contributed by atoms with Crippen molar-refractivity contribution in [2.45, 2.75) is 50.5 Å². The first-order valence-electron chi connectivity index (χ1n) is 12.5. The molecular weight excluding hydrogens is 444 g/mol. The molecule has 2 aliphatic carbocycles. The zero-order valence-electron chi connectivity index (χ0n) is 20.0. The molecule has 0 bridgehead atoms. The van der Waals surface area contributed by atoms with Crippen LogP contribution in [-0.4, -0.2) is 53.2 Å². The maximum absolute atomic E-state index is 13.0. The fourth-order valence-corrected chi connectivity index (χ4v) is 5.76. The predicted molar refractivity (Wildman–Crippen MR) is 131 cm³/mol. The minimum Gasteiger partial charge on any atom is -0.480 e. The van der Waals surface area contributed by atoms with E-state index in [4.69, 9.17) is 4.74 Å². The van der Waals surface area contributed by atoms with Crippen LogP contribution in [0.25, 0.3) is 11.1 Å². The van der Waals surface area contributed by atoms with Crippen molar-refractivity contribution in [3.8, 4) is 11.1 Å². The van der Waals surface area contributed by atoms with E-state index < -0.39 is 17.6 Å². The molecule has 1 aliphatic heterocycles. The first-order chi connectivity index (χ1) is 16.9. The monoisotopic (exact) mass is 476 g/mol. The van der Waals surface area contributed by atoms with Crippen LogP contribution in [0.3, 0.4) is 0 Å². The van der Waals surface area contributed by atoms with Crippen molar-refractivity contribution < 1.29 is 24.2 Å². The number of nitrogens with one attached hydrogen (secondary N) is 1. The summed E-state index contributed by atoms with van der Waals surface area (Å²) in [5, 5.41) is 12.5. The van der Waals surface area contributed by atoms with Crippen molar-refractivity contribution in [1.82, 2.24) is 10.2 Å². The number of carbonyl (C=O) groups is 3. The van der Waals surface area contributed by atoms with E-state index in [-0.39, 0.29) is 30.8 Å². The van der Waals surface area contributed by atoms with Gasteiger partial charge in [-0.2, -0.15) is 0 Å². The largest absolute Gasteiger partial charge is 0.480 e. The molecule has 2 aromatic rings. The Morgan fingerprint density at radius 1 is 1.09 bits per heavy atom. The van der Waals surface area contributed by atoms with Crippen LogP contribution in [-0.2, 0) is 14.3 Å². The van der Waals surface area contributed by atoms with Crippen molar-refractivity contribution in [1.29, 1.82) is 0 Å². The normalized spacial score (nSPS) is 21.8. The molecule has 2 amide bonds. The predicted octanol–water partition coefficient (Wildman–Crippen LogP) is 4.41. The summed E-state index contributed by atoms with van der Waals surface area (Å²) in [5.41, 5.74) is 3.55. The van der Waals surface area contributed by atoms with Crippen molar-refractivity contribution >= 4 is 18.0 Å². The minimum atomic E-state index is -1.13. The molecule has 1 saturated carbocycles. The SMILES string of the molecule is C[C@]1(C(=O)O)CCCN1C(=O)CC(CNC(=O)OCC1c2ccccc2-c2ccccc21)C1CC1. The van der Waals surface area contributed by atoms with Crippen molar-refractivity contribution in [3.05, 3.63) is 59.7 Å². The number of carbonyl (C=O) groups excluding carboxylic acids is 2. The highest BCUT2D eigenvalue weighted by Gasteiger charge is 2.46. The Morgan fingerprint density at radius 2 is 1.71 bits per heavy atom. The molecule has 1 saturated heterocycles. The van der Waals surface area contributed by atoms with Crippen LogP contribution in [0.4, 0.5) is 4.79 Å². The van der Waals surface area contributed by atoms with E-state index in [2.05, 4.69) is 29.6 Å². The average Bonchev–Trinajstić information content (AvgIpc) is 3.55. The number of benzene rings is 2. The molecule has 2 fully saturated rings. The van der Waals surface area contributed by atoms with Gasteiger partial charge in [-0.25, -0.2) is 9.59 Å². The Hall–Kier alpha value is -3.35. The Bertz CT molecular complexity index is 1100. The lowest BCUT2D eigenvalue weighted by Gasteiger charge is -2.32. The first-order valence-corrected chi connectivity index (χ1v) is 12.5. The smallest absolute Gasteiger partial charge is 0.407 e. The van der Waals surface area contributed by atoms with Gasteiger partial charge in [-0.1, -0.05) is 48.5 Å². The van der Waals surface area contributed by atoms with Gasteiger partial charge in [0.15, 0.2) is 0 Å². The summed E-state index contributed by atoms with van der Waals surface area (Å²) in [7, 11) is 0. The van der Waals surface area contributed by atoms with Crippen molar-refractivity contribution in [3.63, 3.8) is 0 Å². The molecule has 35 heavy (non-hydrogen) atoms. The number of carboxylic acid groups (broad SMARTS) is 1. The Kier molecular flexibility index (Phi) is 6.26. The summed E-state index contributed by atoms with van der Waals surface area (Å²) in [4.78, 5) is 38.9. The highest BCUT2D eigenvalue weighted by molar-refractivity contribution is 5.87. The van der Waals surface area contributed by atoms with E-state index in [1.165, 1.54) is 16.0 Å². The van der Waals surface area contributed by atoms with E-state index >= 15 is 0 Å². The molecule has 0 aromatic heterocycles. The molecule has 2 N–H and O–H groups in total. The third kappa shape index (κ3) is 4.51. The Balaban J connectivity index is 1.17. The lowest BCUT2D eigenvalue weighted by atomic mass is 9.95. The van der Waals surface area contributed by atoms with Gasteiger partial charge in [0.05, 0.1) is 0 Å². The van der Waals surface area contributed by atoms with Crippen LogP contribution >= 0.6 is 0 Å². The summed E-state index contributed by atoms with van der Waals surface area (Å²) < 4.78 is 5.64. The third-order valence-electron chi connectivity index (χ3n) is 7.98. The number of amides is 2. The van der Waals surface area contributed by atoms with Crippen molar-refractivity contribution in [2.24, 2.45) is 11.8 Å². The van der Waals surface area contributed by atoms with Gasteiger partial charge < -0.3 is 20.1 Å². The number of ether oxygens (including phenoxy) is 1. The maximum atomic E-state index is 13.0. The lowest BCUT2D eigenvalue weighted by molar-refractivity contribution is -0.155. The van der Waals surface area contributed by atoms with Crippen molar-refractivity contribution in [2.75, 3.05) is 19.7 Å². The van der Waals surface area contributed by atoms with E-state index in [0.717, 1.165) is 24.0 Å². The standard InChI is InChI=1S/C28H32N2O5/c1-28(26(32)33)13-6-14-30(28)25(31)15-19(18-11-12-18)16-29-27(34)35-17-24-22-9-4-2-7-20(22)21-8-3-5-10-23(21)24/h2-5,7-10,18-19,24H,6,11-17H2,1H3,(H,29,34)(H,32,33)/t19?,28-/m1/s1. The summed E-state index contributed by atoms with van der Waals surface area (Å²) in [6, 6.07) is 16.4. The van der Waals surface area contributed by atoms with Crippen LogP contribution in [0.5, 0.6) is 0 Å². The average molecular weight is 477 g/mol. The van der Waals surface area contributed by atoms with Gasteiger partial charge in [0, 0.05) is 25.4 Å². The van der Waals surface area contributed by atoms with E-state index in [1.807, 2.05) is 24.3 Å². The molecule has 0 radical (unpaired) electrons. The lowest BCUT2D eigenvalue weighted by Crippen LogP contribution is -2.51. The van der Waals surface area contributed by atoms with Gasteiger partial charge in [-0.05, 0) is 66.7 Å². The number of hydrogen-bond acceptors (Lipinski definition) is 4. The first kappa shape index (κ1) is 23.4. The van der Waals surface area contributed by atoms with E-state index in [9.17, 15) is 19.5 Å². The fourth-order valence-electron chi connectivity index (χ4n) is 5.76. The summed E-state index contributed by atoms with van der Waals surface area (Å²) in [5.74, 6) is -0.729. The minimum absolute atomic E-state index is 0.00202. The second-order valence-electron chi connectivity index (χ2n) is 10.2. The molecule has 5 rings (SSSR count). The van der Waals surface area contributed by atoms with Gasteiger partial charge in [0.25, 0.3) is 0 Å². The number of aliphatic carboxylic acids is 1. The number of likely N-dealkylation sites (tertiary alicyclic amines) is 1. The van der Waals surface area contributed by atoms with Gasteiger partial charge in [0.2, 0.25) is 5.91 Å². The zero-order chi connectivity index (χ0) is 24.6. The van der Waals surface area contributed by atoms with Crippen LogP contribution < -0.4 is 5.32 Å². The number of fused-ring (bicyclic) bond motifs is 3. The van der Waals surface area contributed by atoms with Crippen LogP contribution in [0.1, 0.15) is 56.1 Å².